The molecule has 2 aliphatic rings. The van der Waals surface area contributed by atoms with Crippen LogP contribution in [0.15, 0.2) is 18.2 Å². The van der Waals surface area contributed by atoms with Crippen molar-refractivity contribution in [3.63, 3.8) is 0 Å². The maximum Gasteiger partial charge on any atom is 0.293 e. The first kappa shape index (κ1) is 15.7. The van der Waals surface area contributed by atoms with E-state index in [0.717, 1.165) is 25.7 Å². The number of anilines is 1. The molecule has 0 heterocycles. The fourth-order valence-electron chi connectivity index (χ4n) is 2.77. The largest absolute Gasteiger partial charge is 0.377 e. The fraction of sp³-hybridized carbons (Fsp3) is 0.562. The molecule has 1 aromatic carbocycles. The third kappa shape index (κ3) is 3.44. The Morgan fingerprint density at radius 2 is 2.09 bits per heavy atom. The number of carbonyl (C=O) groups is 1. The molecule has 1 atom stereocenters. The highest BCUT2D eigenvalue weighted by Gasteiger charge is 2.41. The highest BCUT2D eigenvalue weighted by molar-refractivity contribution is 5.96. The standard InChI is InChI=1S/C16H22N4O3/c1-16(9-17,11-3-4-11)19-15(21)10-2-7-13(18-12-5-6-12)14(8-10)20(22)23/h2,7-8,11-12,18H,3-6,9,17H2,1H3,(H,19,21). The zero-order valence-corrected chi connectivity index (χ0v) is 13.2. The molecule has 7 heteroatoms. The van der Waals surface area contributed by atoms with Crippen LogP contribution in [-0.2, 0) is 0 Å². The third-order valence-corrected chi connectivity index (χ3v) is 4.70. The minimum absolute atomic E-state index is 0.0644. The summed E-state index contributed by atoms with van der Waals surface area (Å²) < 4.78 is 0. The van der Waals surface area contributed by atoms with Crippen molar-refractivity contribution < 1.29 is 9.72 Å². The van der Waals surface area contributed by atoms with Crippen molar-refractivity contribution in [3.8, 4) is 0 Å². The summed E-state index contributed by atoms with van der Waals surface area (Å²) >= 11 is 0. The molecule has 1 aromatic rings. The lowest BCUT2D eigenvalue weighted by atomic mass is 9.95. The lowest BCUT2D eigenvalue weighted by Crippen LogP contribution is -2.53. The van der Waals surface area contributed by atoms with Crippen LogP contribution in [-0.4, -0.2) is 29.0 Å². The van der Waals surface area contributed by atoms with Gasteiger partial charge in [0.2, 0.25) is 0 Å². The number of nitro benzene ring substituents is 1. The zero-order chi connectivity index (χ0) is 16.6. The fourth-order valence-corrected chi connectivity index (χ4v) is 2.77. The lowest BCUT2D eigenvalue weighted by Gasteiger charge is -2.29. The van der Waals surface area contributed by atoms with E-state index in [1.807, 2.05) is 6.92 Å². The molecule has 7 nitrogen and oxygen atoms in total. The van der Waals surface area contributed by atoms with Gasteiger partial charge in [0.1, 0.15) is 5.69 Å². The van der Waals surface area contributed by atoms with Crippen molar-refractivity contribution in [2.75, 3.05) is 11.9 Å². The van der Waals surface area contributed by atoms with Crippen LogP contribution in [0.5, 0.6) is 0 Å². The number of hydrogen-bond acceptors (Lipinski definition) is 5. The maximum atomic E-state index is 12.5. The van der Waals surface area contributed by atoms with E-state index in [-0.39, 0.29) is 11.6 Å². The molecule has 124 valence electrons. The van der Waals surface area contributed by atoms with Gasteiger partial charge in [0, 0.05) is 24.2 Å². The van der Waals surface area contributed by atoms with E-state index < -0.39 is 10.5 Å². The van der Waals surface area contributed by atoms with Gasteiger partial charge >= 0.3 is 0 Å². The summed E-state index contributed by atoms with van der Waals surface area (Å²) in [6.07, 6.45) is 4.15. The van der Waals surface area contributed by atoms with Crippen molar-refractivity contribution in [2.24, 2.45) is 11.7 Å². The van der Waals surface area contributed by atoms with Crippen LogP contribution in [0.1, 0.15) is 43.0 Å². The van der Waals surface area contributed by atoms with E-state index in [1.54, 1.807) is 12.1 Å². The summed E-state index contributed by atoms with van der Waals surface area (Å²) in [6, 6.07) is 4.88. The average Bonchev–Trinajstić information content (AvgIpc) is 3.39. The van der Waals surface area contributed by atoms with Crippen molar-refractivity contribution in [1.29, 1.82) is 0 Å². The molecule has 0 spiro atoms. The Morgan fingerprint density at radius 1 is 1.39 bits per heavy atom. The third-order valence-electron chi connectivity index (χ3n) is 4.70. The normalized spacial score (nSPS) is 19.7. The summed E-state index contributed by atoms with van der Waals surface area (Å²) in [4.78, 5) is 23.3. The number of amides is 1. The monoisotopic (exact) mass is 318 g/mol. The molecule has 1 unspecified atom stereocenters. The Morgan fingerprint density at radius 3 is 2.61 bits per heavy atom. The predicted octanol–water partition coefficient (Wildman–Crippen LogP) is 2.03. The summed E-state index contributed by atoms with van der Waals surface area (Å²) in [5, 5.41) is 17.4. The smallest absolute Gasteiger partial charge is 0.293 e. The number of benzene rings is 1. The maximum absolute atomic E-state index is 12.5. The van der Waals surface area contributed by atoms with Gasteiger partial charge in [-0.1, -0.05) is 0 Å². The SMILES string of the molecule is CC(CN)(NC(=O)c1ccc(NC2CC2)c([N+](=O)[O-])c1)C1CC1. The van der Waals surface area contributed by atoms with Crippen LogP contribution in [0, 0.1) is 16.0 Å². The quantitative estimate of drug-likeness (QED) is 0.526. The molecule has 0 aliphatic heterocycles. The predicted molar refractivity (Wildman–Crippen MR) is 87.4 cm³/mol. The number of rotatable bonds is 7. The molecule has 2 aliphatic carbocycles. The molecule has 0 aromatic heterocycles. The minimum atomic E-state index is -0.454. The molecular weight excluding hydrogens is 296 g/mol. The van der Waals surface area contributed by atoms with Crippen LogP contribution < -0.4 is 16.4 Å². The Bertz CT molecular complexity index is 640. The molecule has 1 amide bonds. The van der Waals surface area contributed by atoms with E-state index in [1.165, 1.54) is 6.07 Å². The van der Waals surface area contributed by atoms with Gasteiger partial charge in [0.25, 0.3) is 11.6 Å². The molecule has 2 saturated carbocycles. The van der Waals surface area contributed by atoms with Crippen molar-refractivity contribution in [3.05, 3.63) is 33.9 Å². The van der Waals surface area contributed by atoms with E-state index in [0.29, 0.717) is 29.8 Å². The van der Waals surface area contributed by atoms with Gasteiger partial charge in [-0.3, -0.25) is 14.9 Å². The van der Waals surface area contributed by atoms with Crippen LogP contribution in [0.25, 0.3) is 0 Å². The number of nitrogens with two attached hydrogens (primary N) is 1. The van der Waals surface area contributed by atoms with Gasteiger partial charge in [0.15, 0.2) is 0 Å². The molecule has 0 bridgehead atoms. The van der Waals surface area contributed by atoms with Crippen LogP contribution >= 0.6 is 0 Å². The van der Waals surface area contributed by atoms with Gasteiger partial charge in [-0.15, -0.1) is 0 Å². The molecular formula is C16H22N4O3. The first-order valence-electron chi connectivity index (χ1n) is 8.00. The second kappa shape index (κ2) is 5.81. The van der Waals surface area contributed by atoms with E-state index >= 15 is 0 Å². The van der Waals surface area contributed by atoms with E-state index in [9.17, 15) is 14.9 Å². The first-order valence-corrected chi connectivity index (χ1v) is 8.00. The molecule has 4 N–H and O–H groups in total. The van der Waals surface area contributed by atoms with Gasteiger partial charge in [-0.2, -0.15) is 0 Å². The average molecular weight is 318 g/mol. The Labute approximate surface area is 134 Å². The van der Waals surface area contributed by atoms with Gasteiger partial charge in [-0.25, -0.2) is 0 Å². The molecule has 3 rings (SSSR count). The highest BCUT2D eigenvalue weighted by atomic mass is 16.6. The molecule has 0 radical (unpaired) electrons. The van der Waals surface area contributed by atoms with E-state index in [4.69, 9.17) is 5.73 Å². The van der Waals surface area contributed by atoms with Crippen molar-refractivity contribution in [2.45, 2.75) is 44.2 Å². The summed E-state index contributed by atoms with van der Waals surface area (Å²) in [6.45, 7) is 2.28. The number of nitrogens with one attached hydrogen (secondary N) is 2. The second-order valence-corrected chi connectivity index (χ2v) is 6.76. The van der Waals surface area contributed by atoms with E-state index in [2.05, 4.69) is 10.6 Å². The summed E-state index contributed by atoms with van der Waals surface area (Å²) in [7, 11) is 0. The number of hydrogen-bond donors (Lipinski definition) is 3. The van der Waals surface area contributed by atoms with Crippen LogP contribution in [0.4, 0.5) is 11.4 Å². The zero-order valence-electron chi connectivity index (χ0n) is 13.2. The van der Waals surface area contributed by atoms with Gasteiger partial charge < -0.3 is 16.4 Å². The summed E-state index contributed by atoms with van der Waals surface area (Å²) in [5.41, 5.74) is 6.05. The van der Waals surface area contributed by atoms with Crippen LogP contribution in [0.3, 0.4) is 0 Å². The first-order chi connectivity index (χ1) is 10.9. The summed E-state index contributed by atoms with van der Waals surface area (Å²) in [5.74, 6) is 0.0770. The molecule has 2 fully saturated rings. The van der Waals surface area contributed by atoms with Gasteiger partial charge in [-0.05, 0) is 50.7 Å². The topological polar surface area (TPSA) is 110 Å². The Hall–Kier alpha value is -2.15. The number of nitrogens with zero attached hydrogens (tertiary/aromatic N) is 1. The number of nitro groups is 1. The number of carbonyl (C=O) groups excluding carboxylic acids is 1. The Balaban J connectivity index is 1.79. The van der Waals surface area contributed by atoms with Crippen molar-refractivity contribution in [1.82, 2.24) is 5.32 Å². The van der Waals surface area contributed by atoms with Gasteiger partial charge in [0.05, 0.1) is 10.5 Å². The highest BCUT2D eigenvalue weighted by Crippen LogP contribution is 2.39. The lowest BCUT2D eigenvalue weighted by molar-refractivity contribution is -0.384. The second-order valence-electron chi connectivity index (χ2n) is 6.76. The Kier molecular flexibility index (Phi) is 3.97. The van der Waals surface area contributed by atoms with Crippen LogP contribution in [0.2, 0.25) is 0 Å². The molecule has 0 saturated heterocycles. The minimum Gasteiger partial charge on any atom is -0.377 e. The van der Waals surface area contributed by atoms with Crippen molar-refractivity contribution >= 4 is 17.3 Å². The molecule has 23 heavy (non-hydrogen) atoms.